The molecule has 0 saturated carbocycles. The van der Waals surface area contributed by atoms with Gasteiger partial charge in [-0.05, 0) is 31.4 Å². The second-order valence-electron chi connectivity index (χ2n) is 4.79. The van der Waals surface area contributed by atoms with Gasteiger partial charge in [0.2, 0.25) is 0 Å². The first-order valence-corrected chi connectivity index (χ1v) is 7.47. The van der Waals surface area contributed by atoms with Crippen molar-refractivity contribution >= 4 is 11.8 Å². The second-order valence-corrected chi connectivity index (χ2v) is 5.94. The van der Waals surface area contributed by atoms with E-state index in [2.05, 4.69) is 28.0 Å². The van der Waals surface area contributed by atoms with Gasteiger partial charge < -0.3 is 5.32 Å². The Hall–Kier alpha value is -0.240. The molecular formula is C12H21N3S. The molecule has 0 bridgehead atoms. The summed E-state index contributed by atoms with van der Waals surface area (Å²) in [7, 11) is 0. The van der Waals surface area contributed by atoms with Crippen LogP contribution in [0.3, 0.4) is 0 Å². The van der Waals surface area contributed by atoms with Crippen molar-refractivity contribution in [1.82, 2.24) is 10.2 Å². The van der Waals surface area contributed by atoms with E-state index in [1.807, 2.05) is 0 Å². The molecule has 2 saturated heterocycles. The van der Waals surface area contributed by atoms with Crippen molar-refractivity contribution in [1.29, 1.82) is 5.26 Å². The molecule has 2 aliphatic rings. The fraction of sp³-hybridized carbons (Fsp3) is 0.917. The Bertz CT molecular complexity index is 237. The lowest BCUT2D eigenvalue weighted by Gasteiger charge is -2.34. The van der Waals surface area contributed by atoms with Crippen LogP contribution in [-0.2, 0) is 0 Å². The third kappa shape index (κ3) is 3.65. The average Bonchev–Trinajstić information content (AvgIpc) is 2.33. The highest BCUT2D eigenvalue weighted by Gasteiger charge is 2.22. The van der Waals surface area contributed by atoms with Gasteiger partial charge in [0.1, 0.15) is 0 Å². The minimum Gasteiger partial charge on any atom is -0.310 e. The molecule has 1 unspecified atom stereocenters. The van der Waals surface area contributed by atoms with E-state index in [-0.39, 0.29) is 0 Å². The van der Waals surface area contributed by atoms with E-state index >= 15 is 0 Å². The maximum atomic E-state index is 8.64. The third-order valence-corrected chi connectivity index (χ3v) is 4.73. The molecule has 3 nitrogen and oxygen atoms in total. The summed E-state index contributed by atoms with van der Waals surface area (Å²) in [4.78, 5) is 2.26. The first-order chi connectivity index (χ1) is 7.88. The fourth-order valence-corrected chi connectivity index (χ4v) is 3.65. The van der Waals surface area contributed by atoms with Crippen LogP contribution in [0.5, 0.6) is 0 Å². The van der Waals surface area contributed by atoms with Gasteiger partial charge in [-0.15, -0.1) is 0 Å². The topological polar surface area (TPSA) is 39.1 Å². The third-order valence-electron chi connectivity index (χ3n) is 3.51. The van der Waals surface area contributed by atoms with Gasteiger partial charge in [-0.2, -0.15) is 17.0 Å². The molecule has 2 heterocycles. The molecule has 0 aromatic carbocycles. The van der Waals surface area contributed by atoms with Crippen LogP contribution < -0.4 is 5.32 Å². The summed E-state index contributed by atoms with van der Waals surface area (Å²) in [6.07, 6.45) is 5.15. The average molecular weight is 239 g/mol. The number of nitriles is 1. The van der Waals surface area contributed by atoms with Crippen molar-refractivity contribution in [2.24, 2.45) is 0 Å². The molecule has 2 rings (SSSR count). The lowest BCUT2D eigenvalue weighted by atomic mass is 10.0. The van der Waals surface area contributed by atoms with Gasteiger partial charge in [-0.25, -0.2) is 0 Å². The molecule has 1 N–H and O–H groups in total. The molecule has 1 atom stereocenters. The van der Waals surface area contributed by atoms with Crippen LogP contribution in [0.1, 0.15) is 25.7 Å². The number of hydrogen-bond acceptors (Lipinski definition) is 4. The van der Waals surface area contributed by atoms with Crippen molar-refractivity contribution in [2.45, 2.75) is 37.8 Å². The summed E-state index contributed by atoms with van der Waals surface area (Å²) in [6.45, 7) is 2.78. The summed E-state index contributed by atoms with van der Waals surface area (Å²) in [5.41, 5.74) is 0. The lowest BCUT2D eigenvalue weighted by Crippen LogP contribution is -2.47. The van der Waals surface area contributed by atoms with Crippen molar-refractivity contribution in [3.8, 4) is 6.07 Å². The number of rotatable bonds is 3. The maximum absolute atomic E-state index is 8.64. The summed E-state index contributed by atoms with van der Waals surface area (Å²) in [5.74, 6) is 2.64. The monoisotopic (exact) mass is 239 g/mol. The lowest BCUT2D eigenvalue weighted by molar-refractivity contribution is 0.209. The van der Waals surface area contributed by atoms with Crippen molar-refractivity contribution in [3.05, 3.63) is 0 Å². The van der Waals surface area contributed by atoms with E-state index in [4.69, 9.17) is 5.26 Å². The highest BCUT2D eigenvalue weighted by atomic mass is 32.2. The van der Waals surface area contributed by atoms with Crippen molar-refractivity contribution < 1.29 is 0 Å². The van der Waals surface area contributed by atoms with Gasteiger partial charge in [0.05, 0.1) is 12.6 Å². The largest absolute Gasteiger partial charge is 0.310 e. The van der Waals surface area contributed by atoms with Crippen LogP contribution >= 0.6 is 11.8 Å². The van der Waals surface area contributed by atoms with Gasteiger partial charge in [0.15, 0.2) is 0 Å². The predicted octanol–water partition coefficient (Wildman–Crippen LogP) is 1.46. The van der Waals surface area contributed by atoms with Crippen molar-refractivity contribution in [2.75, 3.05) is 31.1 Å². The van der Waals surface area contributed by atoms with E-state index in [0.717, 1.165) is 19.1 Å². The van der Waals surface area contributed by atoms with Crippen LogP contribution in [-0.4, -0.2) is 48.1 Å². The Labute approximate surface area is 103 Å². The van der Waals surface area contributed by atoms with E-state index < -0.39 is 0 Å². The minimum atomic E-state index is 0.603. The number of nitrogens with one attached hydrogen (secondary N) is 1. The molecule has 0 spiro atoms. The number of nitrogens with zero attached hydrogens (tertiary/aromatic N) is 2. The predicted molar refractivity (Wildman–Crippen MR) is 68.6 cm³/mol. The van der Waals surface area contributed by atoms with Crippen LogP contribution in [0.15, 0.2) is 0 Å². The van der Waals surface area contributed by atoms with Crippen molar-refractivity contribution in [3.63, 3.8) is 0 Å². The normalized spacial score (nSPS) is 28.8. The smallest absolute Gasteiger partial charge is 0.0866 e. The summed E-state index contributed by atoms with van der Waals surface area (Å²) >= 11 is 2.08. The molecular weight excluding hydrogens is 218 g/mol. The zero-order valence-corrected chi connectivity index (χ0v) is 10.6. The van der Waals surface area contributed by atoms with E-state index in [1.165, 1.54) is 37.2 Å². The van der Waals surface area contributed by atoms with E-state index in [1.54, 1.807) is 0 Å². The highest BCUT2D eigenvalue weighted by molar-refractivity contribution is 7.99. The number of thioether (sulfide) groups is 1. The molecule has 2 fully saturated rings. The molecule has 0 amide bonds. The zero-order valence-electron chi connectivity index (χ0n) is 9.82. The standard InChI is InChI=1S/C12H21N3S/c13-5-8-15-6-3-11(4-7-15)14-12-2-1-9-16-10-12/h11-12,14H,1-4,6-10H2. The van der Waals surface area contributed by atoms with Crippen LogP contribution in [0.2, 0.25) is 0 Å². The van der Waals surface area contributed by atoms with Crippen LogP contribution in [0.25, 0.3) is 0 Å². The minimum absolute atomic E-state index is 0.603. The molecule has 0 aliphatic carbocycles. The molecule has 0 aromatic rings. The Balaban J connectivity index is 1.66. The Morgan fingerprint density at radius 1 is 1.25 bits per heavy atom. The second kappa shape index (κ2) is 6.48. The van der Waals surface area contributed by atoms with Gasteiger partial charge in [-0.1, -0.05) is 0 Å². The quantitative estimate of drug-likeness (QED) is 0.757. The van der Waals surface area contributed by atoms with Crippen LogP contribution in [0.4, 0.5) is 0 Å². The number of piperidine rings is 1. The van der Waals surface area contributed by atoms with E-state index in [0.29, 0.717) is 12.6 Å². The maximum Gasteiger partial charge on any atom is 0.0866 e. The number of likely N-dealkylation sites (tertiary alicyclic amines) is 1. The molecule has 16 heavy (non-hydrogen) atoms. The van der Waals surface area contributed by atoms with Gasteiger partial charge >= 0.3 is 0 Å². The van der Waals surface area contributed by atoms with Gasteiger partial charge in [0.25, 0.3) is 0 Å². The summed E-state index contributed by atoms with van der Waals surface area (Å²) in [6, 6.07) is 3.67. The molecule has 0 aromatic heterocycles. The molecule has 90 valence electrons. The van der Waals surface area contributed by atoms with E-state index in [9.17, 15) is 0 Å². The zero-order chi connectivity index (χ0) is 11.2. The van der Waals surface area contributed by atoms with Crippen LogP contribution in [0, 0.1) is 11.3 Å². The highest BCUT2D eigenvalue weighted by Crippen LogP contribution is 2.19. The SMILES string of the molecule is N#CCN1CCC(NC2CCCSC2)CC1. The molecule has 2 aliphatic heterocycles. The summed E-state index contributed by atoms with van der Waals surface area (Å²) < 4.78 is 0. The Morgan fingerprint density at radius 2 is 2.06 bits per heavy atom. The first-order valence-electron chi connectivity index (χ1n) is 6.31. The van der Waals surface area contributed by atoms with Gasteiger partial charge in [0, 0.05) is 30.9 Å². The molecule has 0 radical (unpaired) electrons. The number of hydrogen-bond donors (Lipinski definition) is 1. The summed E-state index contributed by atoms with van der Waals surface area (Å²) in [5, 5.41) is 12.4. The van der Waals surface area contributed by atoms with Gasteiger partial charge in [-0.3, -0.25) is 4.90 Å². The molecule has 4 heteroatoms. The fourth-order valence-electron chi connectivity index (χ4n) is 2.56. The Kier molecular flexibility index (Phi) is 4.95. The first kappa shape index (κ1) is 12.2. The Morgan fingerprint density at radius 3 is 2.69 bits per heavy atom.